The van der Waals surface area contributed by atoms with E-state index in [1.54, 1.807) is 6.20 Å². The highest BCUT2D eigenvalue weighted by Crippen LogP contribution is 2.15. The molecule has 1 atom stereocenters. The Hall–Kier alpha value is -1.11. The van der Waals surface area contributed by atoms with Gasteiger partial charge in [-0.15, -0.1) is 0 Å². The summed E-state index contributed by atoms with van der Waals surface area (Å²) in [5.74, 6) is 2.24. The molecule has 0 N–H and O–H groups in total. The highest BCUT2D eigenvalue weighted by Gasteiger charge is 2.30. The first-order valence-corrected chi connectivity index (χ1v) is 8.58. The number of pyridine rings is 1. The molecule has 21 heavy (non-hydrogen) atoms. The Morgan fingerprint density at radius 3 is 3.00 bits per heavy atom. The Morgan fingerprint density at radius 2 is 2.24 bits per heavy atom. The zero-order valence-corrected chi connectivity index (χ0v) is 12.9. The molecule has 0 saturated carbocycles. The molecule has 0 spiro atoms. The van der Waals surface area contributed by atoms with Crippen LogP contribution in [0.25, 0.3) is 0 Å². The number of hydrogen-bond acceptors (Lipinski definition) is 5. The lowest BCUT2D eigenvalue weighted by atomic mass is 10.2. The van der Waals surface area contributed by atoms with E-state index in [9.17, 15) is 4.79 Å². The molecule has 3 rings (SSSR count). The van der Waals surface area contributed by atoms with E-state index in [1.807, 2.05) is 28.9 Å². The van der Waals surface area contributed by atoms with Gasteiger partial charge in [0.1, 0.15) is 6.10 Å². The van der Waals surface area contributed by atoms with Crippen LogP contribution in [-0.2, 0) is 16.1 Å². The summed E-state index contributed by atoms with van der Waals surface area (Å²) in [6, 6.07) is 4.02. The van der Waals surface area contributed by atoms with E-state index in [0.717, 1.165) is 37.7 Å². The zero-order chi connectivity index (χ0) is 14.5. The molecule has 2 saturated heterocycles. The summed E-state index contributed by atoms with van der Waals surface area (Å²) in [6.45, 7) is 4.71. The number of amides is 1. The van der Waals surface area contributed by atoms with Crippen LogP contribution >= 0.6 is 11.8 Å². The SMILES string of the molecule is O=C(C1CN(Cc2cccnc2)CCO1)N1CCSCC1. The zero-order valence-electron chi connectivity index (χ0n) is 12.1. The highest BCUT2D eigenvalue weighted by molar-refractivity contribution is 7.99. The maximum atomic E-state index is 12.5. The van der Waals surface area contributed by atoms with Crippen molar-refractivity contribution in [2.45, 2.75) is 12.6 Å². The van der Waals surface area contributed by atoms with E-state index >= 15 is 0 Å². The predicted octanol–water partition coefficient (Wildman–Crippen LogP) is 0.858. The Kier molecular flexibility index (Phi) is 5.11. The average Bonchev–Trinajstić information content (AvgIpc) is 2.56. The molecular weight excluding hydrogens is 286 g/mol. The van der Waals surface area contributed by atoms with Crippen molar-refractivity contribution in [1.29, 1.82) is 0 Å². The number of thioether (sulfide) groups is 1. The average molecular weight is 307 g/mol. The van der Waals surface area contributed by atoms with Crippen LogP contribution in [-0.4, -0.2) is 71.1 Å². The standard InChI is InChI=1S/C15H21N3O2S/c19-15(18-5-8-21-9-6-18)14-12-17(4-7-20-14)11-13-2-1-3-16-10-13/h1-3,10,14H,4-9,11-12H2. The molecule has 1 unspecified atom stereocenters. The normalized spacial score (nSPS) is 24.0. The molecule has 1 amide bonds. The number of carbonyl (C=O) groups is 1. The van der Waals surface area contributed by atoms with Crippen LogP contribution in [0.2, 0.25) is 0 Å². The molecule has 2 aliphatic heterocycles. The third-order valence-corrected chi connectivity index (χ3v) is 4.82. The second-order valence-corrected chi connectivity index (χ2v) is 6.62. The first-order chi connectivity index (χ1) is 10.3. The number of ether oxygens (including phenoxy) is 1. The van der Waals surface area contributed by atoms with Crippen LogP contribution in [0.15, 0.2) is 24.5 Å². The minimum Gasteiger partial charge on any atom is -0.366 e. The molecule has 0 aromatic carbocycles. The number of nitrogens with zero attached hydrogens (tertiary/aromatic N) is 3. The minimum absolute atomic E-state index is 0.159. The third kappa shape index (κ3) is 3.96. The van der Waals surface area contributed by atoms with Crippen molar-refractivity contribution in [2.75, 3.05) is 44.3 Å². The van der Waals surface area contributed by atoms with Crippen molar-refractivity contribution >= 4 is 17.7 Å². The lowest BCUT2D eigenvalue weighted by molar-refractivity contribution is -0.149. The Labute approximate surface area is 129 Å². The Balaban J connectivity index is 1.56. The maximum absolute atomic E-state index is 12.5. The van der Waals surface area contributed by atoms with E-state index in [-0.39, 0.29) is 12.0 Å². The van der Waals surface area contributed by atoms with E-state index in [2.05, 4.69) is 16.0 Å². The van der Waals surface area contributed by atoms with Crippen LogP contribution in [0.3, 0.4) is 0 Å². The summed E-state index contributed by atoms with van der Waals surface area (Å²) in [7, 11) is 0. The van der Waals surface area contributed by atoms with Gasteiger partial charge in [0.05, 0.1) is 6.61 Å². The van der Waals surface area contributed by atoms with Crippen LogP contribution in [0, 0.1) is 0 Å². The Morgan fingerprint density at radius 1 is 1.38 bits per heavy atom. The fourth-order valence-corrected chi connectivity index (χ4v) is 3.64. The summed E-state index contributed by atoms with van der Waals surface area (Å²) in [5.41, 5.74) is 1.18. The number of aromatic nitrogens is 1. The van der Waals surface area contributed by atoms with Crippen molar-refractivity contribution in [3.8, 4) is 0 Å². The van der Waals surface area contributed by atoms with E-state index in [0.29, 0.717) is 13.2 Å². The third-order valence-electron chi connectivity index (χ3n) is 3.88. The second kappa shape index (κ2) is 7.24. The fourth-order valence-electron chi connectivity index (χ4n) is 2.73. The molecule has 5 nitrogen and oxygen atoms in total. The van der Waals surface area contributed by atoms with Crippen molar-refractivity contribution in [1.82, 2.24) is 14.8 Å². The second-order valence-electron chi connectivity index (χ2n) is 5.39. The van der Waals surface area contributed by atoms with Crippen LogP contribution in [0.4, 0.5) is 0 Å². The summed E-state index contributed by atoms with van der Waals surface area (Å²) in [6.07, 6.45) is 3.36. The number of rotatable bonds is 3. The van der Waals surface area contributed by atoms with Gasteiger partial charge in [-0.2, -0.15) is 11.8 Å². The van der Waals surface area contributed by atoms with Crippen LogP contribution in [0.1, 0.15) is 5.56 Å². The molecule has 3 heterocycles. The molecule has 0 radical (unpaired) electrons. The smallest absolute Gasteiger partial charge is 0.253 e. The lowest BCUT2D eigenvalue weighted by Crippen LogP contribution is -2.52. The van der Waals surface area contributed by atoms with Gasteiger partial charge in [-0.1, -0.05) is 6.07 Å². The molecular formula is C15H21N3O2S. The van der Waals surface area contributed by atoms with E-state index in [1.165, 1.54) is 5.56 Å². The van der Waals surface area contributed by atoms with Crippen molar-refractivity contribution in [2.24, 2.45) is 0 Å². The highest BCUT2D eigenvalue weighted by atomic mass is 32.2. The first-order valence-electron chi connectivity index (χ1n) is 7.42. The van der Waals surface area contributed by atoms with Crippen molar-refractivity contribution in [3.05, 3.63) is 30.1 Å². The molecule has 1 aromatic rings. The molecule has 0 bridgehead atoms. The summed E-state index contributed by atoms with van der Waals surface area (Å²) >= 11 is 1.91. The van der Waals surface area contributed by atoms with Gasteiger partial charge in [-0.3, -0.25) is 14.7 Å². The van der Waals surface area contributed by atoms with Gasteiger partial charge in [0.2, 0.25) is 0 Å². The van der Waals surface area contributed by atoms with E-state index in [4.69, 9.17) is 4.74 Å². The van der Waals surface area contributed by atoms with Crippen molar-refractivity contribution < 1.29 is 9.53 Å². The van der Waals surface area contributed by atoms with Gasteiger partial charge < -0.3 is 9.64 Å². The number of carbonyl (C=O) groups excluding carboxylic acids is 1. The molecule has 6 heteroatoms. The van der Waals surface area contributed by atoms with Gasteiger partial charge in [0.15, 0.2) is 0 Å². The largest absolute Gasteiger partial charge is 0.366 e. The summed E-state index contributed by atoms with van der Waals surface area (Å²) < 4.78 is 5.71. The molecule has 114 valence electrons. The monoisotopic (exact) mass is 307 g/mol. The molecule has 2 aliphatic rings. The fraction of sp³-hybridized carbons (Fsp3) is 0.600. The predicted molar refractivity (Wildman–Crippen MR) is 83.2 cm³/mol. The van der Waals surface area contributed by atoms with Gasteiger partial charge in [-0.05, 0) is 11.6 Å². The topological polar surface area (TPSA) is 45.7 Å². The molecule has 1 aromatic heterocycles. The number of hydrogen-bond donors (Lipinski definition) is 0. The van der Waals surface area contributed by atoms with Crippen LogP contribution < -0.4 is 0 Å². The quantitative estimate of drug-likeness (QED) is 0.829. The van der Waals surface area contributed by atoms with Gasteiger partial charge in [-0.25, -0.2) is 0 Å². The number of morpholine rings is 1. The lowest BCUT2D eigenvalue weighted by Gasteiger charge is -2.36. The van der Waals surface area contributed by atoms with Gasteiger partial charge in [0.25, 0.3) is 5.91 Å². The van der Waals surface area contributed by atoms with Gasteiger partial charge in [0, 0.05) is 56.6 Å². The minimum atomic E-state index is -0.307. The molecule has 2 fully saturated rings. The van der Waals surface area contributed by atoms with E-state index < -0.39 is 0 Å². The first kappa shape index (κ1) is 14.8. The summed E-state index contributed by atoms with van der Waals surface area (Å²) in [5, 5.41) is 0. The summed E-state index contributed by atoms with van der Waals surface area (Å²) in [4.78, 5) is 20.9. The van der Waals surface area contributed by atoms with Crippen LogP contribution in [0.5, 0.6) is 0 Å². The van der Waals surface area contributed by atoms with Crippen molar-refractivity contribution in [3.63, 3.8) is 0 Å². The molecule has 0 aliphatic carbocycles. The van der Waals surface area contributed by atoms with Gasteiger partial charge >= 0.3 is 0 Å². The Bertz CT molecular complexity index is 465. The maximum Gasteiger partial charge on any atom is 0.253 e.